The van der Waals surface area contributed by atoms with Crippen molar-refractivity contribution in [2.24, 2.45) is 0 Å². The first kappa shape index (κ1) is 12.4. The Morgan fingerprint density at radius 1 is 1.17 bits per heavy atom. The van der Waals surface area contributed by atoms with Crippen molar-refractivity contribution in [3.8, 4) is 5.75 Å². The Kier molecular flexibility index (Phi) is 3.47. The highest BCUT2D eigenvalue weighted by molar-refractivity contribution is 7.99. The van der Waals surface area contributed by atoms with E-state index in [1.165, 1.54) is 12.1 Å². The minimum Gasteiger partial charge on any atom is -0.508 e. The second-order valence-electron chi connectivity index (χ2n) is 3.47. The maximum Gasteiger partial charge on any atom is 0.283 e. The molecule has 2 aromatic carbocycles. The van der Waals surface area contributed by atoms with Gasteiger partial charge in [-0.25, -0.2) is 4.39 Å². The van der Waals surface area contributed by atoms with Crippen LogP contribution in [0.25, 0.3) is 0 Å². The quantitative estimate of drug-likeness (QED) is 0.680. The fourth-order valence-electron chi connectivity index (χ4n) is 1.36. The normalized spacial score (nSPS) is 10.3. The van der Waals surface area contributed by atoms with Crippen molar-refractivity contribution in [3.63, 3.8) is 0 Å². The molecule has 0 amide bonds. The molecule has 0 spiro atoms. The van der Waals surface area contributed by atoms with Crippen LogP contribution in [0.15, 0.2) is 52.3 Å². The summed E-state index contributed by atoms with van der Waals surface area (Å²) >= 11 is 1.07. The lowest BCUT2D eigenvalue weighted by Gasteiger charge is -2.03. The van der Waals surface area contributed by atoms with E-state index in [0.717, 1.165) is 30.0 Å². The number of benzene rings is 2. The molecule has 0 bridgehead atoms. The average molecular weight is 265 g/mol. The van der Waals surface area contributed by atoms with Gasteiger partial charge in [-0.15, -0.1) is 0 Å². The SMILES string of the molecule is O=[N+]([O-])c1ccc(F)cc1Sc1ccc(O)cc1. The zero-order chi connectivity index (χ0) is 13.1. The van der Waals surface area contributed by atoms with Crippen molar-refractivity contribution in [3.05, 3.63) is 58.4 Å². The average Bonchev–Trinajstić information content (AvgIpc) is 2.32. The van der Waals surface area contributed by atoms with Gasteiger partial charge in [0, 0.05) is 11.0 Å². The Hall–Kier alpha value is -2.08. The first-order valence-corrected chi connectivity index (χ1v) is 5.79. The summed E-state index contributed by atoms with van der Waals surface area (Å²) in [4.78, 5) is 11.2. The molecule has 4 nitrogen and oxygen atoms in total. The van der Waals surface area contributed by atoms with Crippen molar-refractivity contribution in [1.82, 2.24) is 0 Å². The molecule has 2 aromatic rings. The van der Waals surface area contributed by atoms with Crippen LogP contribution in [0.3, 0.4) is 0 Å². The highest BCUT2D eigenvalue weighted by Gasteiger charge is 2.15. The third kappa shape index (κ3) is 2.78. The predicted molar refractivity (Wildman–Crippen MR) is 65.3 cm³/mol. The maximum atomic E-state index is 13.1. The minimum atomic E-state index is -0.553. The van der Waals surface area contributed by atoms with E-state index in [1.54, 1.807) is 12.1 Å². The molecule has 0 aliphatic carbocycles. The Balaban J connectivity index is 2.35. The zero-order valence-corrected chi connectivity index (χ0v) is 9.86. The fourth-order valence-corrected chi connectivity index (χ4v) is 2.31. The van der Waals surface area contributed by atoms with Crippen molar-refractivity contribution < 1.29 is 14.4 Å². The standard InChI is InChI=1S/C12H8FNO3S/c13-8-1-6-11(14(16)17)12(7-8)18-10-4-2-9(15)3-5-10/h1-7,15H. The number of nitro benzene ring substituents is 1. The molecule has 0 saturated carbocycles. The van der Waals surface area contributed by atoms with Gasteiger partial charge in [0.25, 0.3) is 5.69 Å². The smallest absolute Gasteiger partial charge is 0.283 e. The van der Waals surface area contributed by atoms with Crippen LogP contribution in [0.5, 0.6) is 5.75 Å². The molecule has 0 atom stereocenters. The van der Waals surface area contributed by atoms with Gasteiger partial charge in [0.15, 0.2) is 0 Å². The number of hydrogen-bond donors (Lipinski definition) is 1. The monoisotopic (exact) mass is 265 g/mol. The molecule has 2 rings (SSSR count). The molecule has 6 heteroatoms. The predicted octanol–water partition coefficient (Wildman–Crippen LogP) is 3.59. The van der Waals surface area contributed by atoms with Crippen LogP contribution in [0.1, 0.15) is 0 Å². The van der Waals surface area contributed by atoms with Crippen LogP contribution in [0.2, 0.25) is 0 Å². The number of phenolic OH excluding ortho intramolecular Hbond substituents is 1. The van der Waals surface area contributed by atoms with Crippen molar-refractivity contribution in [2.45, 2.75) is 9.79 Å². The Bertz CT molecular complexity index is 586. The lowest BCUT2D eigenvalue weighted by molar-refractivity contribution is -0.387. The van der Waals surface area contributed by atoms with Gasteiger partial charge >= 0.3 is 0 Å². The van der Waals surface area contributed by atoms with E-state index in [4.69, 9.17) is 5.11 Å². The molecule has 0 radical (unpaired) electrons. The van der Waals surface area contributed by atoms with E-state index in [1.807, 2.05) is 0 Å². The third-order valence-corrected chi connectivity index (χ3v) is 3.24. The summed E-state index contributed by atoms with van der Waals surface area (Å²) < 4.78 is 13.1. The topological polar surface area (TPSA) is 63.4 Å². The highest BCUT2D eigenvalue weighted by Crippen LogP contribution is 2.35. The van der Waals surface area contributed by atoms with Gasteiger partial charge in [-0.3, -0.25) is 10.1 Å². The maximum absolute atomic E-state index is 13.1. The molecular weight excluding hydrogens is 257 g/mol. The van der Waals surface area contributed by atoms with Gasteiger partial charge in [-0.05, 0) is 36.4 Å². The van der Waals surface area contributed by atoms with Crippen LogP contribution in [0, 0.1) is 15.9 Å². The molecule has 92 valence electrons. The molecule has 18 heavy (non-hydrogen) atoms. The van der Waals surface area contributed by atoms with Crippen molar-refractivity contribution in [2.75, 3.05) is 0 Å². The molecule has 0 heterocycles. The Labute approximate surface area is 106 Å². The molecule has 0 aromatic heterocycles. The van der Waals surface area contributed by atoms with Crippen molar-refractivity contribution in [1.29, 1.82) is 0 Å². The first-order valence-electron chi connectivity index (χ1n) is 4.97. The molecule has 0 aliphatic heterocycles. The van der Waals surface area contributed by atoms with Gasteiger partial charge in [0.2, 0.25) is 0 Å². The third-order valence-electron chi connectivity index (χ3n) is 2.18. The number of halogens is 1. The largest absolute Gasteiger partial charge is 0.508 e. The van der Waals surface area contributed by atoms with E-state index < -0.39 is 10.7 Å². The molecule has 0 aliphatic rings. The number of nitro groups is 1. The number of rotatable bonds is 3. The van der Waals surface area contributed by atoms with E-state index in [-0.39, 0.29) is 16.3 Å². The second kappa shape index (κ2) is 5.05. The summed E-state index contributed by atoms with van der Waals surface area (Å²) in [5.74, 6) is -0.421. The van der Waals surface area contributed by atoms with Gasteiger partial charge < -0.3 is 5.11 Å². The summed E-state index contributed by atoms with van der Waals surface area (Å²) in [6.45, 7) is 0. The molecule has 1 N–H and O–H groups in total. The number of phenols is 1. The first-order chi connectivity index (χ1) is 8.56. The van der Waals surface area contributed by atoms with Crippen LogP contribution < -0.4 is 0 Å². The number of aromatic hydroxyl groups is 1. The molecular formula is C12H8FNO3S. The van der Waals surface area contributed by atoms with Gasteiger partial charge in [0.05, 0.1) is 9.82 Å². The lowest BCUT2D eigenvalue weighted by atomic mass is 10.3. The van der Waals surface area contributed by atoms with E-state index in [0.29, 0.717) is 4.90 Å². The molecule has 0 fully saturated rings. The highest BCUT2D eigenvalue weighted by atomic mass is 32.2. The Morgan fingerprint density at radius 2 is 1.83 bits per heavy atom. The fraction of sp³-hybridized carbons (Fsp3) is 0. The van der Waals surface area contributed by atoms with E-state index in [2.05, 4.69) is 0 Å². The minimum absolute atomic E-state index is 0.105. The number of hydrogen-bond acceptors (Lipinski definition) is 4. The van der Waals surface area contributed by atoms with Gasteiger partial charge in [-0.1, -0.05) is 11.8 Å². The van der Waals surface area contributed by atoms with Crippen LogP contribution in [-0.2, 0) is 0 Å². The van der Waals surface area contributed by atoms with Gasteiger partial charge in [0.1, 0.15) is 11.6 Å². The van der Waals surface area contributed by atoms with Crippen LogP contribution in [-0.4, -0.2) is 10.0 Å². The summed E-state index contributed by atoms with van der Waals surface area (Å²) in [5, 5.41) is 19.9. The van der Waals surface area contributed by atoms with Crippen molar-refractivity contribution >= 4 is 17.4 Å². The van der Waals surface area contributed by atoms with E-state index >= 15 is 0 Å². The molecule has 0 unspecified atom stereocenters. The van der Waals surface area contributed by atoms with E-state index in [9.17, 15) is 14.5 Å². The lowest BCUT2D eigenvalue weighted by Crippen LogP contribution is -1.91. The molecule has 0 saturated heterocycles. The summed E-state index contributed by atoms with van der Waals surface area (Å²) in [7, 11) is 0. The number of nitrogens with zero attached hydrogens (tertiary/aromatic N) is 1. The zero-order valence-electron chi connectivity index (χ0n) is 9.04. The Morgan fingerprint density at radius 3 is 2.44 bits per heavy atom. The summed E-state index contributed by atoms with van der Waals surface area (Å²) in [5.41, 5.74) is -0.144. The van der Waals surface area contributed by atoms with Gasteiger partial charge in [-0.2, -0.15) is 0 Å². The second-order valence-corrected chi connectivity index (χ2v) is 4.58. The summed E-state index contributed by atoms with van der Waals surface area (Å²) in [6, 6.07) is 9.46. The van der Waals surface area contributed by atoms with Crippen LogP contribution >= 0.6 is 11.8 Å². The van der Waals surface area contributed by atoms with Crippen LogP contribution in [0.4, 0.5) is 10.1 Å². The summed E-state index contributed by atoms with van der Waals surface area (Å²) in [6.07, 6.45) is 0.